The van der Waals surface area contributed by atoms with Gasteiger partial charge >= 0.3 is 0 Å². The van der Waals surface area contributed by atoms with Crippen molar-refractivity contribution < 1.29 is 8.83 Å². The lowest BCUT2D eigenvalue weighted by molar-refractivity contribution is 0.664. The Morgan fingerprint density at radius 1 is 0.377 bits per heavy atom. The highest BCUT2D eigenvalue weighted by Crippen LogP contribution is 2.46. The van der Waals surface area contributed by atoms with Gasteiger partial charge in [-0.2, -0.15) is 0 Å². The van der Waals surface area contributed by atoms with E-state index in [9.17, 15) is 0 Å². The summed E-state index contributed by atoms with van der Waals surface area (Å²) in [6.45, 7) is 8.94. The van der Waals surface area contributed by atoms with Crippen LogP contribution in [0.3, 0.4) is 0 Å². The number of benzene rings is 10. The third kappa shape index (κ3) is 9.44. The fourth-order valence-electron chi connectivity index (χ4n) is 9.14. The van der Waals surface area contributed by atoms with E-state index in [4.69, 9.17) is 8.83 Å². The van der Waals surface area contributed by atoms with Crippen molar-refractivity contribution in [2.45, 2.75) is 39.5 Å². The molecule has 1 N–H and O–H groups in total. The maximum Gasteiger partial charge on any atom is 0.159 e. The van der Waals surface area contributed by atoms with Crippen molar-refractivity contribution >= 4 is 142 Å². The third-order valence-electron chi connectivity index (χ3n) is 12.5. The molecule has 0 spiro atoms. The molecule has 0 aliphatic carbocycles. The monoisotopic (exact) mass is 1090 g/mol. The fourth-order valence-corrected chi connectivity index (χ4v) is 10.5. The summed E-state index contributed by atoms with van der Waals surface area (Å²) in [6.07, 6.45) is 0. The topological polar surface area (TPSA) is 41.6 Å². The van der Waals surface area contributed by atoms with E-state index in [2.05, 4.69) is 262 Å². The Labute approximate surface area is 428 Å². The summed E-state index contributed by atoms with van der Waals surface area (Å²) in [5.41, 5.74) is 11.8. The third-order valence-corrected chi connectivity index (χ3v) is 14.4. The summed E-state index contributed by atoms with van der Waals surface area (Å²) in [5, 5.41) is 13.0. The summed E-state index contributed by atoms with van der Waals surface area (Å²) >= 11 is 10.7. The van der Waals surface area contributed by atoms with Crippen LogP contribution in [0, 0.1) is 0 Å². The van der Waals surface area contributed by atoms with Crippen LogP contribution in [-0.4, -0.2) is 0 Å². The van der Waals surface area contributed by atoms with Gasteiger partial charge in [-0.05, 0) is 153 Å². The normalized spacial score (nSPS) is 11.4. The van der Waals surface area contributed by atoms with Crippen molar-refractivity contribution in [3.8, 4) is 0 Å². The van der Waals surface area contributed by atoms with E-state index in [1.54, 1.807) is 0 Å². The van der Waals surface area contributed by atoms with Gasteiger partial charge in [-0.3, -0.25) is 0 Å². The summed E-state index contributed by atoms with van der Waals surface area (Å²) in [6, 6.07) is 72.1. The Bertz CT molecular complexity index is 3740. The molecule has 0 unspecified atom stereocenters. The zero-order valence-electron chi connectivity index (χ0n) is 38.7. The van der Waals surface area contributed by atoms with E-state index >= 15 is 0 Å². The molecule has 2 heterocycles. The SMILES string of the molecule is Brc1cccc2c1oc1c(Br)cccc12.CC(C)c1ccccc1N(c1ccc2ccccc2c1)c1cccc2c1oc1c(Br)cccc12.CC(C)c1ccccc1Nc1ccc2ccccc2c1. The number of hydrogen-bond acceptors (Lipinski definition) is 4. The number of para-hydroxylation sites is 6. The van der Waals surface area contributed by atoms with E-state index < -0.39 is 0 Å². The van der Waals surface area contributed by atoms with Crippen LogP contribution in [0.4, 0.5) is 28.4 Å². The van der Waals surface area contributed by atoms with Crippen molar-refractivity contribution in [2.24, 2.45) is 0 Å². The van der Waals surface area contributed by atoms with Crippen LogP contribution in [-0.2, 0) is 0 Å². The standard InChI is InChI=1S/C31H24BrNO.C19H19N.C12H6Br2O/c1-20(2)24-11-5-6-15-28(24)33(23-18-17-21-9-3-4-10-22(21)19-23)29-16-8-13-26-25-12-7-14-27(32)30(25)34-31(26)29;1-14(2)18-9-5-6-10-19(18)20-17-12-11-15-7-3-4-8-16(15)13-17;13-9-5-1-3-7-8-4-2-6-10(14)12(8)15-11(7)9/h3-20H,1-2H3;3-14,20H,1-2H3;1-6H. The number of anilines is 5. The van der Waals surface area contributed by atoms with E-state index in [0.717, 1.165) is 74.4 Å². The Morgan fingerprint density at radius 2 is 0.812 bits per heavy atom. The van der Waals surface area contributed by atoms with Crippen molar-refractivity contribution in [1.82, 2.24) is 0 Å². The summed E-state index contributed by atoms with van der Waals surface area (Å²) in [4.78, 5) is 2.35. The van der Waals surface area contributed by atoms with Gasteiger partial charge in [0.15, 0.2) is 5.58 Å². The lowest BCUT2D eigenvalue weighted by atomic mass is 9.99. The minimum absolute atomic E-state index is 0.378. The van der Waals surface area contributed by atoms with Gasteiger partial charge in [0.25, 0.3) is 0 Å². The summed E-state index contributed by atoms with van der Waals surface area (Å²) in [7, 11) is 0. The second-order valence-electron chi connectivity index (χ2n) is 17.7. The zero-order chi connectivity index (χ0) is 47.6. The van der Waals surface area contributed by atoms with Crippen LogP contribution in [0.15, 0.2) is 229 Å². The Balaban J connectivity index is 0.000000133. The molecular formula is C62H49Br3N2O2. The van der Waals surface area contributed by atoms with Crippen molar-refractivity contribution in [1.29, 1.82) is 0 Å². The fraction of sp³-hybridized carbons (Fsp3) is 0.0968. The van der Waals surface area contributed by atoms with Crippen LogP contribution in [0.5, 0.6) is 0 Å². The van der Waals surface area contributed by atoms with E-state index in [0.29, 0.717) is 11.8 Å². The van der Waals surface area contributed by atoms with Gasteiger partial charge in [0.2, 0.25) is 0 Å². The second kappa shape index (κ2) is 20.1. The molecule has 340 valence electrons. The minimum atomic E-state index is 0.378. The van der Waals surface area contributed by atoms with Crippen LogP contribution < -0.4 is 10.2 Å². The molecule has 0 saturated carbocycles. The molecule has 0 bridgehead atoms. The van der Waals surface area contributed by atoms with Gasteiger partial charge in [0.05, 0.1) is 19.1 Å². The second-order valence-corrected chi connectivity index (χ2v) is 20.3. The predicted molar refractivity (Wildman–Crippen MR) is 305 cm³/mol. The van der Waals surface area contributed by atoms with Gasteiger partial charge in [-0.1, -0.05) is 173 Å². The number of furan rings is 2. The number of nitrogens with one attached hydrogen (secondary N) is 1. The Morgan fingerprint density at radius 3 is 1.39 bits per heavy atom. The highest BCUT2D eigenvalue weighted by atomic mass is 79.9. The first-order chi connectivity index (χ1) is 33.6. The lowest BCUT2D eigenvalue weighted by Crippen LogP contribution is -2.13. The number of nitrogens with zero attached hydrogens (tertiary/aromatic N) is 1. The largest absolute Gasteiger partial charge is 0.454 e. The highest BCUT2D eigenvalue weighted by molar-refractivity contribution is 9.11. The molecule has 0 atom stereocenters. The van der Waals surface area contributed by atoms with Gasteiger partial charge in [-0.25, -0.2) is 0 Å². The number of hydrogen-bond donors (Lipinski definition) is 1. The Hall–Kier alpha value is -6.64. The first-order valence-electron chi connectivity index (χ1n) is 23.2. The summed E-state index contributed by atoms with van der Waals surface area (Å²) in [5.74, 6) is 0.891. The minimum Gasteiger partial charge on any atom is -0.454 e. The van der Waals surface area contributed by atoms with Gasteiger partial charge < -0.3 is 19.1 Å². The predicted octanol–water partition coefficient (Wildman–Crippen LogP) is 20.9. The summed E-state index contributed by atoms with van der Waals surface area (Å²) < 4.78 is 15.3. The van der Waals surface area contributed by atoms with E-state index in [-0.39, 0.29) is 0 Å². The van der Waals surface area contributed by atoms with Crippen molar-refractivity contribution in [3.63, 3.8) is 0 Å². The first kappa shape index (κ1) is 46.1. The molecule has 7 heteroatoms. The number of fused-ring (bicyclic) bond motifs is 8. The average Bonchev–Trinajstić information content (AvgIpc) is 3.96. The quantitative estimate of drug-likeness (QED) is 0.173. The van der Waals surface area contributed by atoms with Crippen LogP contribution >= 0.6 is 47.8 Å². The molecule has 12 rings (SSSR count). The lowest BCUT2D eigenvalue weighted by Gasteiger charge is -2.29. The van der Waals surface area contributed by atoms with E-state index in [1.165, 1.54) is 44.0 Å². The van der Waals surface area contributed by atoms with Gasteiger partial charge in [0.1, 0.15) is 16.7 Å². The molecule has 0 aliphatic rings. The number of halogens is 3. The molecule has 4 nitrogen and oxygen atoms in total. The van der Waals surface area contributed by atoms with Crippen LogP contribution in [0.1, 0.15) is 50.7 Å². The number of rotatable bonds is 7. The van der Waals surface area contributed by atoms with Crippen LogP contribution in [0.25, 0.3) is 65.4 Å². The van der Waals surface area contributed by atoms with Gasteiger partial charge in [0, 0.05) is 44.3 Å². The molecular weight excluding hydrogens is 1040 g/mol. The van der Waals surface area contributed by atoms with Gasteiger partial charge in [-0.15, -0.1) is 0 Å². The molecule has 2 aromatic heterocycles. The van der Waals surface area contributed by atoms with Crippen molar-refractivity contribution in [2.75, 3.05) is 10.2 Å². The molecule has 0 amide bonds. The molecule has 0 saturated heterocycles. The first-order valence-corrected chi connectivity index (χ1v) is 25.6. The molecule has 0 radical (unpaired) electrons. The molecule has 12 aromatic rings. The van der Waals surface area contributed by atoms with Crippen LogP contribution in [0.2, 0.25) is 0 Å². The molecule has 10 aromatic carbocycles. The Kier molecular flexibility index (Phi) is 13.5. The smallest absolute Gasteiger partial charge is 0.159 e. The maximum atomic E-state index is 6.54. The molecule has 69 heavy (non-hydrogen) atoms. The van der Waals surface area contributed by atoms with E-state index in [1.807, 2.05) is 30.3 Å². The zero-order valence-corrected chi connectivity index (χ0v) is 43.4. The highest BCUT2D eigenvalue weighted by Gasteiger charge is 2.23. The maximum absolute atomic E-state index is 6.54. The van der Waals surface area contributed by atoms with Crippen molar-refractivity contribution in [3.05, 3.63) is 231 Å². The molecule has 0 fully saturated rings. The average molecular weight is 1090 g/mol. The molecule has 0 aliphatic heterocycles.